The average Bonchev–Trinajstić information content (AvgIpc) is 3.20. The van der Waals surface area contributed by atoms with E-state index >= 15 is 0 Å². The number of anilines is 1. The number of nitrogens with one attached hydrogen (secondary N) is 1. The van der Waals surface area contributed by atoms with Gasteiger partial charge in [0.25, 0.3) is 0 Å². The number of aryl methyl sites for hydroxylation is 1. The van der Waals surface area contributed by atoms with Crippen LogP contribution < -0.4 is 5.32 Å². The summed E-state index contributed by atoms with van der Waals surface area (Å²) < 4.78 is 2.04. The Bertz CT molecular complexity index is 769. The minimum Gasteiger partial charge on any atom is -0.348 e. The molecule has 1 aliphatic heterocycles. The van der Waals surface area contributed by atoms with Gasteiger partial charge in [-0.25, -0.2) is 14.6 Å². The first-order valence-electron chi connectivity index (χ1n) is 8.05. The minimum atomic E-state index is 0.589. The molecule has 124 valence electrons. The summed E-state index contributed by atoms with van der Waals surface area (Å²) in [7, 11) is 0. The maximum absolute atomic E-state index is 4.36. The molecule has 0 unspecified atom stereocenters. The van der Waals surface area contributed by atoms with Gasteiger partial charge < -0.3 is 5.32 Å². The fourth-order valence-corrected chi connectivity index (χ4v) is 3.65. The number of thiophene rings is 1. The predicted octanol–water partition coefficient (Wildman–Crippen LogP) is 2.15. The van der Waals surface area contributed by atoms with Crippen molar-refractivity contribution in [1.82, 2.24) is 29.9 Å². The van der Waals surface area contributed by atoms with Gasteiger partial charge in [0.2, 0.25) is 5.95 Å². The van der Waals surface area contributed by atoms with Crippen molar-refractivity contribution in [2.75, 3.05) is 11.9 Å². The van der Waals surface area contributed by atoms with Gasteiger partial charge >= 0.3 is 0 Å². The fourth-order valence-electron chi connectivity index (χ4n) is 2.90. The molecule has 3 aromatic rings. The molecule has 0 spiro atoms. The monoisotopic (exact) mass is 341 g/mol. The third-order valence-electron chi connectivity index (χ3n) is 4.07. The van der Waals surface area contributed by atoms with Gasteiger partial charge in [0, 0.05) is 43.4 Å². The van der Waals surface area contributed by atoms with Crippen LogP contribution in [0.3, 0.4) is 0 Å². The molecule has 0 aromatic carbocycles. The molecular weight excluding hydrogens is 322 g/mol. The van der Waals surface area contributed by atoms with Crippen LogP contribution in [0.1, 0.15) is 22.7 Å². The summed E-state index contributed by atoms with van der Waals surface area (Å²) >= 11 is 1.81. The van der Waals surface area contributed by atoms with E-state index in [0.717, 1.165) is 38.3 Å². The van der Waals surface area contributed by atoms with E-state index in [1.165, 1.54) is 10.6 Å². The van der Waals surface area contributed by atoms with Gasteiger partial charge in [-0.2, -0.15) is 0 Å². The molecule has 0 atom stereocenters. The van der Waals surface area contributed by atoms with Gasteiger partial charge in [0.05, 0.1) is 12.2 Å². The van der Waals surface area contributed by atoms with Crippen LogP contribution in [-0.4, -0.2) is 36.4 Å². The zero-order valence-electron chi connectivity index (χ0n) is 13.3. The molecular formula is C16H19N7S. The zero-order chi connectivity index (χ0) is 16.2. The fraction of sp³-hybridized carbons (Fsp3) is 0.375. The first-order chi connectivity index (χ1) is 11.9. The number of fused-ring (bicyclic) bond motifs is 1. The summed E-state index contributed by atoms with van der Waals surface area (Å²) in [5.41, 5.74) is 2.16. The van der Waals surface area contributed by atoms with Crippen LogP contribution in [0.15, 0.2) is 36.0 Å². The highest BCUT2D eigenvalue weighted by Gasteiger charge is 2.20. The van der Waals surface area contributed by atoms with E-state index in [2.05, 4.69) is 48.0 Å². The van der Waals surface area contributed by atoms with Crippen molar-refractivity contribution in [2.24, 2.45) is 0 Å². The quantitative estimate of drug-likeness (QED) is 0.767. The number of hydrogen-bond acceptors (Lipinski definition) is 7. The van der Waals surface area contributed by atoms with E-state index in [0.29, 0.717) is 12.5 Å². The maximum Gasteiger partial charge on any atom is 0.222 e. The molecule has 0 amide bonds. The highest BCUT2D eigenvalue weighted by molar-refractivity contribution is 7.09. The molecule has 4 rings (SSSR count). The van der Waals surface area contributed by atoms with Gasteiger partial charge in [0.1, 0.15) is 5.69 Å². The first kappa shape index (κ1) is 15.2. The van der Waals surface area contributed by atoms with Crippen LogP contribution in [0.4, 0.5) is 5.95 Å². The molecule has 0 saturated heterocycles. The first-order valence-corrected chi connectivity index (χ1v) is 8.93. The van der Waals surface area contributed by atoms with Gasteiger partial charge in [-0.1, -0.05) is 11.3 Å². The van der Waals surface area contributed by atoms with E-state index in [1.807, 2.05) is 16.0 Å². The van der Waals surface area contributed by atoms with Crippen LogP contribution in [0.2, 0.25) is 0 Å². The topological polar surface area (TPSA) is 71.8 Å². The Balaban J connectivity index is 1.47. The Labute approximate surface area is 144 Å². The molecule has 0 bridgehead atoms. The Morgan fingerprint density at radius 3 is 2.92 bits per heavy atom. The normalized spacial score (nSPS) is 15.0. The molecule has 1 N–H and O–H groups in total. The molecule has 24 heavy (non-hydrogen) atoms. The predicted molar refractivity (Wildman–Crippen MR) is 92.4 cm³/mol. The van der Waals surface area contributed by atoms with Crippen LogP contribution in [0.25, 0.3) is 0 Å². The summed E-state index contributed by atoms with van der Waals surface area (Å²) in [6, 6.07) is 6.11. The standard InChI is InChI=1S/C16H19N7S/c1-4-13(24-9-1)11-22-7-3-8-23-15(12-22)14(20-21-23)10-19-16-17-5-2-6-18-16/h1-2,4-6,9H,3,7-8,10-12H2,(H,17,18,19). The second-order valence-corrected chi connectivity index (χ2v) is 6.81. The van der Waals surface area contributed by atoms with Gasteiger partial charge in [-0.15, -0.1) is 16.4 Å². The lowest BCUT2D eigenvalue weighted by molar-refractivity contribution is 0.262. The number of rotatable bonds is 5. The van der Waals surface area contributed by atoms with Gasteiger partial charge in [-0.3, -0.25) is 4.90 Å². The highest BCUT2D eigenvalue weighted by Crippen LogP contribution is 2.19. The average molecular weight is 341 g/mol. The van der Waals surface area contributed by atoms with Crippen molar-refractivity contribution in [3.63, 3.8) is 0 Å². The van der Waals surface area contributed by atoms with Gasteiger partial charge in [-0.05, 0) is 23.9 Å². The SMILES string of the molecule is c1cnc(NCc2nnn3c2CN(Cc2cccs2)CCC3)nc1. The van der Waals surface area contributed by atoms with Gasteiger partial charge in [0.15, 0.2) is 0 Å². The van der Waals surface area contributed by atoms with Crippen molar-refractivity contribution in [1.29, 1.82) is 0 Å². The third-order valence-corrected chi connectivity index (χ3v) is 4.94. The summed E-state index contributed by atoms with van der Waals surface area (Å²) in [5.74, 6) is 0.614. The molecule has 7 nitrogen and oxygen atoms in total. The number of nitrogens with zero attached hydrogens (tertiary/aromatic N) is 6. The second-order valence-electron chi connectivity index (χ2n) is 5.78. The van der Waals surface area contributed by atoms with Crippen molar-refractivity contribution < 1.29 is 0 Å². The molecule has 0 aliphatic carbocycles. The Kier molecular flexibility index (Phi) is 4.48. The molecule has 0 radical (unpaired) electrons. The van der Waals surface area contributed by atoms with Crippen molar-refractivity contribution in [3.8, 4) is 0 Å². The Hall–Kier alpha value is -2.32. The summed E-state index contributed by atoms with van der Waals surface area (Å²) in [4.78, 5) is 12.2. The van der Waals surface area contributed by atoms with Crippen LogP contribution >= 0.6 is 11.3 Å². The lowest BCUT2D eigenvalue weighted by Crippen LogP contribution is -2.23. The van der Waals surface area contributed by atoms with E-state index in [1.54, 1.807) is 18.5 Å². The molecule has 4 heterocycles. The maximum atomic E-state index is 4.36. The molecule has 0 fully saturated rings. The van der Waals surface area contributed by atoms with Crippen LogP contribution in [0, 0.1) is 0 Å². The van der Waals surface area contributed by atoms with Crippen molar-refractivity contribution >= 4 is 17.3 Å². The summed E-state index contributed by atoms with van der Waals surface area (Å²) in [5, 5.41) is 14.0. The Morgan fingerprint density at radius 2 is 2.08 bits per heavy atom. The summed E-state index contributed by atoms with van der Waals surface area (Å²) in [6.45, 7) is 4.45. The van der Waals surface area contributed by atoms with E-state index in [4.69, 9.17) is 0 Å². The lowest BCUT2D eigenvalue weighted by Gasteiger charge is -2.18. The summed E-state index contributed by atoms with van der Waals surface area (Å²) in [6.07, 6.45) is 4.55. The highest BCUT2D eigenvalue weighted by atomic mass is 32.1. The molecule has 8 heteroatoms. The molecule has 1 aliphatic rings. The second kappa shape index (κ2) is 7.06. The van der Waals surface area contributed by atoms with Crippen LogP contribution in [0.5, 0.6) is 0 Å². The number of aromatic nitrogens is 5. The molecule has 3 aromatic heterocycles. The smallest absolute Gasteiger partial charge is 0.222 e. The zero-order valence-corrected chi connectivity index (χ0v) is 14.1. The third kappa shape index (κ3) is 3.44. The lowest BCUT2D eigenvalue weighted by atomic mass is 10.3. The van der Waals surface area contributed by atoms with E-state index in [9.17, 15) is 0 Å². The van der Waals surface area contributed by atoms with E-state index in [-0.39, 0.29) is 0 Å². The van der Waals surface area contributed by atoms with Crippen LogP contribution in [-0.2, 0) is 26.2 Å². The van der Waals surface area contributed by atoms with Crippen molar-refractivity contribution in [2.45, 2.75) is 32.6 Å². The molecule has 0 saturated carbocycles. The van der Waals surface area contributed by atoms with E-state index < -0.39 is 0 Å². The number of hydrogen-bond donors (Lipinski definition) is 1. The largest absolute Gasteiger partial charge is 0.348 e. The van der Waals surface area contributed by atoms with Crippen molar-refractivity contribution in [3.05, 3.63) is 52.2 Å². The Morgan fingerprint density at radius 1 is 1.17 bits per heavy atom. The minimum absolute atomic E-state index is 0.589.